The minimum Gasteiger partial charge on any atom is -0.374 e. The molecule has 4 aliphatic heterocycles. The molecular formula is C50H55N11O4. The molecular weight excluding hydrogens is 819 g/mol. The zero-order chi connectivity index (χ0) is 44.3. The normalized spacial score (nSPS) is 20.0. The Morgan fingerprint density at radius 3 is 2.46 bits per heavy atom. The zero-order valence-electron chi connectivity index (χ0n) is 36.9. The summed E-state index contributed by atoms with van der Waals surface area (Å²) in [5.74, 6) is 1.77. The highest BCUT2D eigenvalue weighted by atomic mass is 16.3. The Morgan fingerprint density at radius 1 is 0.846 bits per heavy atom. The van der Waals surface area contributed by atoms with Crippen molar-refractivity contribution >= 4 is 45.1 Å². The summed E-state index contributed by atoms with van der Waals surface area (Å²) in [5.41, 5.74) is 11.1. The molecule has 2 unspecified atom stereocenters. The van der Waals surface area contributed by atoms with E-state index in [1.165, 1.54) is 33.8 Å². The fourth-order valence-corrected chi connectivity index (χ4v) is 10.9. The molecule has 2 atom stereocenters. The van der Waals surface area contributed by atoms with Crippen molar-refractivity contribution in [2.75, 3.05) is 38.0 Å². The molecule has 15 nitrogen and oxygen atoms in total. The summed E-state index contributed by atoms with van der Waals surface area (Å²) in [4.78, 5) is 44.5. The number of aliphatic hydroxyl groups is 1. The van der Waals surface area contributed by atoms with Gasteiger partial charge in [0, 0.05) is 86.3 Å². The second-order valence-electron chi connectivity index (χ2n) is 18.5. The number of aromatic amines is 1. The molecule has 0 radical (unpaired) electrons. The number of rotatable bonds is 9. The van der Waals surface area contributed by atoms with Gasteiger partial charge in [0.1, 0.15) is 18.1 Å². The quantitative estimate of drug-likeness (QED) is 0.138. The first-order chi connectivity index (χ1) is 31.7. The molecule has 4 aromatic heterocycles. The molecule has 3 fully saturated rings. The Kier molecular flexibility index (Phi) is 10.5. The fourth-order valence-electron chi connectivity index (χ4n) is 10.9. The van der Waals surface area contributed by atoms with Crippen LogP contribution in [-0.4, -0.2) is 99.4 Å². The summed E-state index contributed by atoms with van der Waals surface area (Å²) in [6, 6.07) is 22.3. The Balaban J connectivity index is 0.674. The lowest BCUT2D eigenvalue weighted by atomic mass is 9.88. The van der Waals surface area contributed by atoms with E-state index in [4.69, 9.17) is 5.10 Å². The third kappa shape index (κ3) is 7.55. The van der Waals surface area contributed by atoms with Crippen LogP contribution in [-0.2, 0) is 32.0 Å². The maximum absolute atomic E-state index is 13.7. The van der Waals surface area contributed by atoms with Crippen LogP contribution in [0.25, 0.3) is 38.6 Å². The third-order valence-electron chi connectivity index (χ3n) is 14.6. The average molecular weight is 874 g/mol. The second kappa shape index (κ2) is 16.7. The van der Waals surface area contributed by atoms with Crippen LogP contribution < -0.4 is 16.3 Å². The van der Waals surface area contributed by atoms with Gasteiger partial charge in [0.2, 0.25) is 5.91 Å². The molecule has 3 saturated heterocycles. The number of carbonyl (C=O) groups excluding carboxylic acids is 2. The number of aromatic nitrogens is 7. The second-order valence-corrected chi connectivity index (χ2v) is 18.5. The monoisotopic (exact) mass is 873 g/mol. The number of hydrogen-bond donors (Lipinski definition) is 4. The van der Waals surface area contributed by atoms with Crippen LogP contribution in [0, 0.1) is 5.92 Å². The van der Waals surface area contributed by atoms with Crippen LogP contribution in [0.3, 0.4) is 0 Å². The summed E-state index contributed by atoms with van der Waals surface area (Å²) in [6.45, 7) is 5.92. The van der Waals surface area contributed by atoms with Crippen molar-refractivity contribution in [3.63, 3.8) is 0 Å². The maximum Gasteiger partial charge on any atom is 0.329 e. The first-order valence-electron chi connectivity index (χ1n) is 23.1. The van der Waals surface area contributed by atoms with Crippen LogP contribution in [0.5, 0.6) is 0 Å². The number of benzene rings is 3. The van der Waals surface area contributed by atoms with Crippen molar-refractivity contribution in [3.05, 3.63) is 130 Å². The summed E-state index contributed by atoms with van der Waals surface area (Å²) < 4.78 is 7.43. The highest BCUT2D eigenvalue weighted by Gasteiger charge is 2.32. The van der Waals surface area contributed by atoms with Gasteiger partial charge in [0.25, 0.3) is 5.91 Å². The number of amides is 2. The number of para-hydroxylation sites is 1. The standard InChI is InChI=1S/C50H55N11O4/c1-56-38(25-41-39(14-19-51-47(41)56)35-10-11-42-36(24-35)26-52-55-42)30-58-20-17-33(18-21-58)32-6-8-34(9-7-32)49(64)59-22-15-31(16-23-59)28-60-29-37(27-53-60)40-4-3-5-43-46(40)57(2)50(65)61(43)44-12-13-45(62)54-48(44)63/h3-11,14,24-27,29,31,33,44-45,51,62H,12-13,15-23,28,30H2,1-2H3,(H,52,55)(H,54,63). The number of imidazole rings is 1. The maximum atomic E-state index is 13.7. The molecule has 0 spiro atoms. The van der Waals surface area contributed by atoms with Crippen LogP contribution in [0.15, 0.2) is 96.2 Å². The minimum atomic E-state index is -0.891. The first kappa shape index (κ1) is 41.0. The Bertz CT molecular complexity index is 3020. The Morgan fingerprint density at radius 2 is 1.66 bits per heavy atom. The molecule has 4 aliphatic rings. The Labute approximate surface area is 376 Å². The van der Waals surface area contributed by atoms with Crippen molar-refractivity contribution in [3.8, 4) is 11.1 Å². The molecule has 0 aliphatic carbocycles. The van der Waals surface area contributed by atoms with Gasteiger partial charge in [-0.15, -0.1) is 0 Å². The lowest BCUT2D eigenvalue weighted by Crippen LogP contribution is -2.46. The number of nitrogens with zero attached hydrogens (tertiary/aromatic N) is 8. The molecule has 2 amide bonds. The highest BCUT2D eigenvalue weighted by molar-refractivity contribution is 5.95. The van der Waals surface area contributed by atoms with Gasteiger partial charge in [-0.05, 0) is 117 Å². The number of hydrogen-bond acceptors (Lipinski definition) is 8. The summed E-state index contributed by atoms with van der Waals surface area (Å²) >= 11 is 0. The predicted octanol–water partition coefficient (Wildman–Crippen LogP) is 5.98. The van der Waals surface area contributed by atoms with E-state index in [-0.39, 0.29) is 17.5 Å². The van der Waals surface area contributed by atoms with Gasteiger partial charge >= 0.3 is 5.69 Å². The molecule has 4 N–H and O–H groups in total. The van der Waals surface area contributed by atoms with Gasteiger partial charge in [0.05, 0.1) is 28.9 Å². The number of piperidine rings is 3. The lowest BCUT2D eigenvalue weighted by molar-refractivity contribution is -0.130. The smallest absolute Gasteiger partial charge is 0.329 e. The fraction of sp³-hybridized carbons (Fsp3) is 0.380. The highest BCUT2D eigenvalue weighted by Crippen LogP contribution is 2.37. The number of aliphatic hydroxyl groups excluding tert-OH is 1. The van der Waals surface area contributed by atoms with E-state index in [0.29, 0.717) is 43.3 Å². The van der Waals surface area contributed by atoms with Gasteiger partial charge in [-0.2, -0.15) is 10.2 Å². The molecule has 8 heterocycles. The van der Waals surface area contributed by atoms with Crippen molar-refractivity contribution in [2.24, 2.45) is 20.0 Å². The van der Waals surface area contributed by atoms with Crippen LogP contribution >= 0.6 is 0 Å². The molecule has 334 valence electrons. The molecule has 65 heavy (non-hydrogen) atoms. The number of likely N-dealkylation sites (tertiary alicyclic amines) is 2. The van der Waals surface area contributed by atoms with Crippen molar-refractivity contribution in [1.29, 1.82) is 0 Å². The van der Waals surface area contributed by atoms with Crippen molar-refractivity contribution in [2.45, 2.75) is 69.8 Å². The van der Waals surface area contributed by atoms with Gasteiger partial charge in [-0.3, -0.25) is 33.4 Å². The minimum absolute atomic E-state index is 0.0958. The molecule has 15 heteroatoms. The van der Waals surface area contributed by atoms with Crippen LogP contribution in [0.1, 0.15) is 83.2 Å². The number of carbonyl (C=O) groups is 2. The van der Waals surface area contributed by atoms with E-state index in [1.807, 2.05) is 58.5 Å². The van der Waals surface area contributed by atoms with E-state index < -0.39 is 12.3 Å². The summed E-state index contributed by atoms with van der Waals surface area (Å²) in [6.07, 6.45) is 11.9. The lowest BCUT2D eigenvalue weighted by Gasteiger charge is -2.33. The van der Waals surface area contributed by atoms with Gasteiger partial charge in [-0.1, -0.05) is 36.4 Å². The predicted molar refractivity (Wildman–Crippen MR) is 250 cm³/mol. The molecule has 0 saturated carbocycles. The SMILES string of the molecule is Cn1c(CN2CCC(c3ccc(C(=O)N4CCC(Cn5cc(-c6cccc7c6n(C)c(=O)n7C6CCC(O)NC6=O)cn5)CC4)cc3)CC2)cc2c1NCC=C2c1ccc2[nH]ncc2c1. The van der Waals surface area contributed by atoms with E-state index >= 15 is 0 Å². The summed E-state index contributed by atoms with van der Waals surface area (Å²) in [7, 11) is 3.90. The van der Waals surface area contributed by atoms with E-state index in [1.54, 1.807) is 16.2 Å². The Hall–Kier alpha value is -6.71. The van der Waals surface area contributed by atoms with Crippen LogP contribution in [0.4, 0.5) is 5.82 Å². The number of anilines is 1. The molecule has 7 aromatic rings. The van der Waals surface area contributed by atoms with E-state index in [0.717, 1.165) is 91.5 Å². The van der Waals surface area contributed by atoms with Crippen LogP contribution in [0.2, 0.25) is 0 Å². The van der Waals surface area contributed by atoms with Gasteiger partial charge < -0.3 is 25.2 Å². The molecule has 3 aromatic carbocycles. The van der Waals surface area contributed by atoms with E-state index in [9.17, 15) is 19.5 Å². The van der Waals surface area contributed by atoms with Crippen molar-refractivity contribution < 1.29 is 14.7 Å². The first-order valence-corrected chi connectivity index (χ1v) is 23.1. The zero-order valence-corrected chi connectivity index (χ0v) is 36.9. The molecule has 0 bridgehead atoms. The molecule has 11 rings (SSSR count). The van der Waals surface area contributed by atoms with E-state index in [2.05, 4.69) is 79.8 Å². The van der Waals surface area contributed by atoms with Crippen molar-refractivity contribution in [1.82, 2.24) is 48.8 Å². The third-order valence-corrected chi connectivity index (χ3v) is 14.6. The number of H-pyrrole nitrogens is 1. The average Bonchev–Trinajstić information content (AvgIpc) is 4.12. The number of fused-ring (bicyclic) bond motifs is 3. The largest absolute Gasteiger partial charge is 0.374 e. The van der Waals surface area contributed by atoms with Gasteiger partial charge in [-0.25, -0.2) is 4.79 Å². The van der Waals surface area contributed by atoms with Gasteiger partial charge in [0.15, 0.2) is 0 Å². The number of nitrogens with one attached hydrogen (secondary N) is 3. The topological polar surface area (TPSA) is 163 Å². The summed E-state index contributed by atoms with van der Waals surface area (Å²) in [5, 5.41) is 29.2. The number of aryl methyl sites for hydroxylation is 1.